The molecule has 3 rings (SSSR count). The standard InChI is InChI=1S/C13H9BrFN3/c1-7-3-2-4-10(16-7)13-17-11-5-8(14)9(15)6-12(11)18-13/h2-6H,1H3,(H,17,18). The molecule has 0 amide bonds. The van der Waals surface area contributed by atoms with Gasteiger partial charge in [0.25, 0.3) is 0 Å². The van der Waals surface area contributed by atoms with Crippen LogP contribution in [0.3, 0.4) is 0 Å². The molecule has 2 aromatic heterocycles. The first kappa shape index (κ1) is 11.3. The molecule has 0 fully saturated rings. The zero-order valence-corrected chi connectivity index (χ0v) is 11.1. The highest BCUT2D eigenvalue weighted by Crippen LogP contribution is 2.24. The Morgan fingerprint density at radius 1 is 1.22 bits per heavy atom. The molecular formula is C13H9BrFN3. The third-order valence-electron chi connectivity index (χ3n) is 2.65. The van der Waals surface area contributed by atoms with Gasteiger partial charge in [-0.1, -0.05) is 6.07 Å². The third-order valence-corrected chi connectivity index (χ3v) is 3.26. The number of hydrogen-bond donors (Lipinski definition) is 1. The largest absolute Gasteiger partial charge is 0.337 e. The van der Waals surface area contributed by atoms with Crippen molar-refractivity contribution in [3.63, 3.8) is 0 Å². The van der Waals surface area contributed by atoms with Gasteiger partial charge in [-0.2, -0.15) is 0 Å². The Hall–Kier alpha value is -1.75. The van der Waals surface area contributed by atoms with Crippen LogP contribution in [0.5, 0.6) is 0 Å². The highest BCUT2D eigenvalue weighted by Gasteiger charge is 2.09. The van der Waals surface area contributed by atoms with Crippen molar-refractivity contribution in [2.24, 2.45) is 0 Å². The van der Waals surface area contributed by atoms with E-state index in [1.54, 1.807) is 6.07 Å². The molecule has 0 aliphatic rings. The second-order valence-corrected chi connectivity index (χ2v) is 4.89. The maximum atomic E-state index is 13.4. The number of fused-ring (bicyclic) bond motifs is 1. The van der Waals surface area contributed by atoms with Crippen molar-refractivity contribution < 1.29 is 4.39 Å². The molecule has 1 N–H and O–H groups in total. The molecule has 3 nitrogen and oxygen atoms in total. The number of aromatic amines is 1. The van der Waals surface area contributed by atoms with Crippen LogP contribution >= 0.6 is 15.9 Å². The average molecular weight is 306 g/mol. The lowest BCUT2D eigenvalue weighted by Gasteiger charge is -1.96. The number of rotatable bonds is 1. The van der Waals surface area contributed by atoms with Gasteiger partial charge in [0, 0.05) is 11.8 Å². The van der Waals surface area contributed by atoms with Gasteiger partial charge in [0.05, 0.1) is 15.5 Å². The van der Waals surface area contributed by atoms with Crippen molar-refractivity contribution in [1.29, 1.82) is 0 Å². The van der Waals surface area contributed by atoms with Gasteiger partial charge in [-0.3, -0.25) is 0 Å². The van der Waals surface area contributed by atoms with Crippen LogP contribution in [-0.4, -0.2) is 15.0 Å². The number of nitrogens with zero attached hydrogens (tertiary/aromatic N) is 2. The number of nitrogens with one attached hydrogen (secondary N) is 1. The summed E-state index contributed by atoms with van der Waals surface area (Å²) in [5, 5.41) is 0. The molecule has 5 heteroatoms. The maximum absolute atomic E-state index is 13.4. The predicted octanol–water partition coefficient (Wildman–Crippen LogP) is 3.83. The summed E-state index contributed by atoms with van der Waals surface area (Å²) in [5.74, 6) is 0.334. The van der Waals surface area contributed by atoms with Crippen molar-refractivity contribution in [3.05, 3.63) is 46.3 Å². The number of hydrogen-bond acceptors (Lipinski definition) is 2. The van der Waals surface area contributed by atoms with Crippen LogP contribution in [-0.2, 0) is 0 Å². The van der Waals surface area contributed by atoms with Crippen molar-refractivity contribution in [2.75, 3.05) is 0 Å². The van der Waals surface area contributed by atoms with Gasteiger partial charge >= 0.3 is 0 Å². The second kappa shape index (κ2) is 4.17. The first-order chi connectivity index (χ1) is 8.63. The summed E-state index contributed by atoms with van der Waals surface area (Å²) < 4.78 is 13.8. The fourth-order valence-electron chi connectivity index (χ4n) is 1.80. The summed E-state index contributed by atoms with van der Waals surface area (Å²) in [6.07, 6.45) is 0. The molecule has 0 radical (unpaired) electrons. The first-order valence-electron chi connectivity index (χ1n) is 5.42. The number of aromatic nitrogens is 3. The Morgan fingerprint density at radius 2 is 2.06 bits per heavy atom. The molecule has 0 saturated carbocycles. The van der Waals surface area contributed by atoms with E-state index in [1.807, 2.05) is 25.1 Å². The van der Waals surface area contributed by atoms with E-state index >= 15 is 0 Å². The van der Waals surface area contributed by atoms with E-state index in [2.05, 4.69) is 30.9 Å². The predicted molar refractivity (Wildman–Crippen MR) is 71.7 cm³/mol. The molecule has 0 spiro atoms. The molecule has 0 aliphatic heterocycles. The normalized spacial score (nSPS) is 11.1. The number of pyridine rings is 1. The van der Waals surface area contributed by atoms with E-state index in [4.69, 9.17) is 0 Å². The van der Waals surface area contributed by atoms with Gasteiger partial charge in [0.1, 0.15) is 11.5 Å². The topological polar surface area (TPSA) is 41.6 Å². The van der Waals surface area contributed by atoms with E-state index in [9.17, 15) is 4.39 Å². The summed E-state index contributed by atoms with van der Waals surface area (Å²) in [4.78, 5) is 11.9. The zero-order valence-electron chi connectivity index (χ0n) is 9.54. The summed E-state index contributed by atoms with van der Waals surface area (Å²) in [6.45, 7) is 1.92. The van der Waals surface area contributed by atoms with E-state index in [0.717, 1.165) is 11.4 Å². The molecule has 90 valence electrons. The lowest BCUT2D eigenvalue weighted by Crippen LogP contribution is -1.87. The number of H-pyrrole nitrogens is 1. The Morgan fingerprint density at radius 3 is 2.83 bits per heavy atom. The van der Waals surface area contributed by atoms with Crippen LogP contribution in [0, 0.1) is 12.7 Å². The van der Waals surface area contributed by atoms with Crippen LogP contribution in [0.15, 0.2) is 34.8 Å². The van der Waals surface area contributed by atoms with E-state index in [0.29, 0.717) is 21.3 Å². The van der Waals surface area contributed by atoms with Crippen molar-refractivity contribution in [3.8, 4) is 11.5 Å². The van der Waals surface area contributed by atoms with E-state index in [1.165, 1.54) is 6.07 Å². The molecule has 0 atom stereocenters. The quantitative estimate of drug-likeness (QED) is 0.742. The van der Waals surface area contributed by atoms with Gasteiger partial charge in [0.15, 0.2) is 5.82 Å². The highest BCUT2D eigenvalue weighted by molar-refractivity contribution is 9.10. The highest BCUT2D eigenvalue weighted by atomic mass is 79.9. The average Bonchev–Trinajstić information content (AvgIpc) is 2.73. The van der Waals surface area contributed by atoms with Crippen molar-refractivity contribution >= 4 is 27.0 Å². The van der Waals surface area contributed by atoms with Crippen molar-refractivity contribution in [1.82, 2.24) is 15.0 Å². The second-order valence-electron chi connectivity index (χ2n) is 4.03. The van der Waals surface area contributed by atoms with Crippen LogP contribution < -0.4 is 0 Å². The molecule has 0 aliphatic carbocycles. The van der Waals surface area contributed by atoms with Crippen LogP contribution in [0.25, 0.3) is 22.6 Å². The van der Waals surface area contributed by atoms with Crippen molar-refractivity contribution in [2.45, 2.75) is 6.92 Å². The Bertz CT molecular complexity index is 697. The Labute approximate surface area is 111 Å². The molecule has 2 heterocycles. The summed E-state index contributed by atoms with van der Waals surface area (Å²) in [5.41, 5.74) is 3.04. The number of halogens is 2. The lowest BCUT2D eigenvalue weighted by atomic mass is 10.3. The Kier molecular flexibility index (Phi) is 2.63. The zero-order chi connectivity index (χ0) is 12.7. The smallest absolute Gasteiger partial charge is 0.157 e. The number of aryl methyl sites for hydroxylation is 1. The molecule has 0 bridgehead atoms. The molecule has 0 saturated heterocycles. The first-order valence-corrected chi connectivity index (χ1v) is 6.21. The monoisotopic (exact) mass is 305 g/mol. The van der Waals surface area contributed by atoms with Crippen LogP contribution in [0.4, 0.5) is 4.39 Å². The van der Waals surface area contributed by atoms with Crippen LogP contribution in [0.1, 0.15) is 5.69 Å². The SMILES string of the molecule is Cc1cccc(-c2nc3cc(Br)c(F)cc3[nH]2)n1. The summed E-state index contributed by atoms with van der Waals surface area (Å²) >= 11 is 3.15. The molecule has 18 heavy (non-hydrogen) atoms. The van der Waals surface area contributed by atoms with Gasteiger partial charge in [-0.15, -0.1) is 0 Å². The fraction of sp³-hybridized carbons (Fsp3) is 0.0769. The third kappa shape index (κ3) is 1.90. The van der Waals surface area contributed by atoms with Gasteiger partial charge in [0.2, 0.25) is 0 Å². The van der Waals surface area contributed by atoms with E-state index in [-0.39, 0.29) is 5.82 Å². The maximum Gasteiger partial charge on any atom is 0.157 e. The van der Waals surface area contributed by atoms with Gasteiger partial charge < -0.3 is 4.98 Å². The number of imidazole rings is 1. The minimum atomic E-state index is -0.310. The van der Waals surface area contributed by atoms with E-state index < -0.39 is 0 Å². The summed E-state index contributed by atoms with van der Waals surface area (Å²) in [7, 11) is 0. The molecule has 0 unspecified atom stereocenters. The fourth-order valence-corrected chi connectivity index (χ4v) is 2.13. The lowest BCUT2D eigenvalue weighted by molar-refractivity contribution is 0.623. The summed E-state index contributed by atoms with van der Waals surface area (Å²) in [6, 6.07) is 8.78. The van der Waals surface area contributed by atoms with Gasteiger partial charge in [-0.25, -0.2) is 14.4 Å². The van der Waals surface area contributed by atoms with Crippen LogP contribution in [0.2, 0.25) is 0 Å². The minimum absolute atomic E-state index is 0.310. The number of benzene rings is 1. The molecule has 3 aromatic rings. The molecular weight excluding hydrogens is 297 g/mol. The molecule has 1 aromatic carbocycles. The van der Waals surface area contributed by atoms with Gasteiger partial charge in [-0.05, 0) is 41.1 Å². The minimum Gasteiger partial charge on any atom is -0.337 e. The Balaban J connectivity index is 2.19.